The Morgan fingerprint density at radius 1 is 1.08 bits per heavy atom. The van der Waals surface area contributed by atoms with E-state index in [0.717, 1.165) is 66.3 Å². The van der Waals surface area contributed by atoms with Crippen molar-refractivity contribution in [1.29, 1.82) is 0 Å². The van der Waals surface area contributed by atoms with Crippen LogP contribution in [0.3, 0.4) is 0 Å². The minimum absolute atomic E-state index is 0.00968. The van der Waals surface area contributed by atoms with Crippen LogP contribution in [-0.4, -0.2) is 62.9 Å². The number of quaternary nitrogens is 1. The molecule has 5 nitrogen and oxygen atoms in total. The number of hydrogen-bond donors (Lipinski definition) is 1. The van der Waals surface area contributed by atoms with Gasteiger partial charge in [-0.15, -0.1) is 0 Å². The molecule has 1 saturated heterocycles. The summed E-state index contributed by atoms with van der Waals surface area (Å²) in [5.74, 6) is 0.845. The Kier molecular flexibility index (Phi) is 6.86. The zero-order valence-corrected chi connectivity index (χ0v) is 22.3. The van der Waals surface area contributed by atoms with E-state index in [2.05, 4.69) is 49.3 Å². The van der Waals surface area contributed by atoms with Crippen molar-refractivity contribution in [3.05, 3.63) is 90.5 Å². The summed E-state index contributed by atoms with van der Waals surface area (Å²) >= 11 is 0. The summed E-state index contributed by atoms with van der Waals surface area (Å²) in [6, 6.07) is 22.6. The average molecular weight is 500 g/mol. The fourth-order valence-electron chi connectivity index (χ4n) is 7.07. The molecule has 3 aromatic carbocycles. The second kappa shape index (κ2) is 9.96. The van der Waals surface area contributed by atoms with Crippen molar-refractivity contribution in [2.45, 2.75) is 42.7 Å². The Labute approximate surface area is 220 Å². The summed E-state index contributed by atoms with van der Waals surface area (Å²) < 4.78 is 13.1. The van der Waals surface area contributed by atoms with Crippen molar-refractivity contribution in [1.82, 2.24) is 5.32 Å². The number of carbonyl (C=O) groups is 1. The van der Waals surface area contributed by atoms with Crippen LogP contribution in [0.5, 0.6) is 5.75 Å². The van der Waals surface area contributed by atoms with E-state index in [1.165, 1.54) is 5.56 Å². The smallest absolute Gasteiger partial charge is 0.251 e. The van der Waals surface area contributed by atoms with Gasteiger partial charge in [0, 0.05) is 30.6 Å². The maximum absolute atomic E-state index is 13.4. The van der Waals surface area contributed by atoms with Gasteiger partial charge in [-0.1, -0.05) is 49.0 Å². The number of fused-ring (bicyclic) bond motifs is 2. The van der Waals surface area contributed by atoms with Crippen molar-refractivity contribution in [3.63, 3.8) is 0 Å². The largest absolute Gasteiger partial charge is 0.497 e. The number of nitrogens with one attached hydrogen (secondary N) is 1. The maximum atomic E-state index is 13.4. The number of nitrogens with zero attached hydrogens (tertiary/aromatic N) is 1. The molecule has 5 rings (SSSR count). The van der Waals surface area contributed by atoms with Gasteiger partial charge in [-0.05, 0) is 65.9 Å². The Balaban J connectivity index is 1.48. The van der Waals surface area contributed by atoms with Gasteiger partial charge in [0.25, 0.3) is 5.91 Å². The summed E-state index contributed by atoms with van der Waals surface area (Å²) in [7, 11) is 5.89. The number of methoxy groups -OCH3 is 2. The van der Waals surface area contributed by atoms with E-state index in [9.17, 15) is 4.79 Å². The molecule has 1 unspecified atom stereocenters. The zero-order chi connectivity index (χ0) is 26.1. The van der Waals surface area contributed by atoms with Crippen LogP contribution in [0.1, 0.15) is 41.6 Å². The fraction of sp³-hybridized carbons (Fsp3) is 0.406. The number of piperidine rings is 1. The third-order valence-electron chi connectivity index (χ3n) is 9.01. The summed E-state index contributed by atoms with van der Waals surface area (Å²) in [6.07, 6.45) is 5.60. The molecule has 3 aromatic rings. The number of benzene rings is 3. The molecule has 37 heavy (non-hydrogen) atoms. The highest BCUT2D eigenvalue weighted by Crippen LogP contribution is 2.54. The quantitative estimate of drug-likeness (QED) is 0.345. The van der Waals surface area contributed by atoms with Crippen LogP contribution in [0.25, 0.3) is 10.8 Å². The second-order valence-electron chi connectivity index (χ2n) is 11.2. The summed E-state index contributed by atoms with van der Waals surface area (Å²) in [6.45, 7) is 6.88. The average Bonchev–Trinajstić information content (AvgIpc) is 2.93. The zero-order valence-electron chi connectivity index (χ0n) is 22.3. The molecule has 0 bridgehead atoms. The van der Waals surface area contributed by atoms with Crippen molar-refractivity contribution in [2.24, 2.45) is 0 Å². The van der Waals surface area contributed by atoms with Gasteiger partial charge in [-0.25, -0.2) is 0 Å². The van der Waals surface area contributed by atoms with E-state index in [1.807, 2.05) is 49.6 Å². The second-order valence-corrected chi connectivity index (χ2v) is 11.2. The van der Waals surface area contributed by atoms with Gasteiger partial charge in [0.05, 0.1) is 27.2 Å². The molecule has 1 aliphatic heterocycles. The lowest BCUT2D eigenvalue weighted by Gasteiger charge is -2.61. The van der Waals surface area contributed by atoms with Gasteiger partial charge in [-0.2, -0.15) is 0 Å². The van der Waals surface area contributed by atoms with Crippen molar-refractivity contribution in [3.8, 4) is 5.75 Å². The molecule has 0 spiro atoms. The van der Waals surface area contributed by atoms with E-state index in [4.69, 9.17) is 9.47 Å². The van der Waals surface area contributed by atoms with E-state index < -0.39 is 0 Å². The van der Waals surface area contributed by atoms with E-state index in [1.54, 1.807) is 7.11 Å². The van der Waals surface area contributed by atoms with Gasteiger partial charge in [0.2, 0.25) is 0 Å². The van der Waals surface area contributed by atoms with Gasteiger partial charge in [0.1, 0.15) is 17.9 Å². The van der Waals surface area contributed by atoms with Crippen LogP contribution in [0.4, 0.5) is 0 Å². The lowest BCUT2D eigenvalue weighted by atomic mass is 9.54. The summed E-state index contributed by atoms with van der Waals surface area (Å²) in [5.41, 5.74) is 1.38. The molecular weight excluding hydrogens is 460 g/mol. The minimum Gasteiger partial charge on any atom is -0.497 e. The molecule has 0 aromatic heterocycles. The summed E-state index contributed by atoms with van der Waals surface area (Å²) in [4.78, 5) is 13.4. The standard InChI is InChI=1S/C32H38N2O3/c1-5-18-34(2)19-17-31(27-11-8-12-29(21-27)36-3)22-28(15-16-32(31,23-34)37-4)33-30(35)26-14-13-24-9-6-7-10-25(24)20-26/h5-14,20-21,28H,1,15-19,22-23H2,2-4H3/p+1/t28-,31-,32?,34-/m0/s1. The number of likely N-dealkylation sites (tertiary alicyclic amines) is 1. The van der Waals surface area contributed by atoms with Crippen LogP contribution < -0.4 is 10.1 Å². The first-order valence-corrected chi connectivity index (χ1v) is 13.3. The predicted octanol–water partition coefficient (Wildman–Crippen LogP) is 5.49. The topological polar surface area (TPSA) is 47.6 Å². The third kappa shape index (κ3) is 4.55. The van der Waals surface area contributed by atoms with Gasteiger partial charge in [0.15, 0.2) is 0 Å². The Morgan fingerprint density at radius 3 is 2.65 bits per heavy atom. The first kappa shape index (κ1) is 25.5. The Hall–Kier alpha value is -3.15. The lowest BCUT2D eigenvalue weighted by molar-refractivity contribution is -0.918. The third-order valence-corrected chi connectivity index (χ3v) is 9.01. The fourth-order valence-corrected chi connectivity index (χ4v) is 7.07. The van der Waals surface area contributed by atoms with Crippen molar-refractivity contribution in [2.75, 3.05) is 40.9 Å². The molecule has 1 N–H and O–H groups in total. The predicted molar refractivity (Wildman–Crippen MR) is 149 cm³/mol. The van der Waals surface area contributed by atoms with Crippen molar-refractivity contribution < 1.29 is 18.8 Å². The number of rotatable bonds is 7. The van der Waals surface area contributed by atoms with Crippen molar-refractivity contribution >= 4 is 16.7 Å². The SMILES string of the molecule is C=CC[N@@+]1(C)CC[C@@]2(c3cccc(OC)c3)C[C@@H](NC(=O)c3ccc4ccccc4c3)CCC2(OC)C1. The minimum atomic E-state index is -0.334. The van der Waals surface area contributed by atoms with Crippen LogP contribution in [0.2, 0.25) is 0 Å². The molecule has 5 heteroatoms. The highest BCUT2D eigenvalue weighted by atomic mass is 16.5. The molecule has 1 heterocycles. The highest BCUT2D eigenvalue weighted by Gasteiger charge is 2.62. The lowest BCUT2D eigenvalue weighted by Crippen LogP contribution is -2.72. The monoisotopic (exact) mass is 499 g/mol. The van der Waals surface area contributed by atoms with Crippen LogP contribution in [0, 0.1) is 0 Å². The number of hydrogen-bond acceptors (Lipinski definition) is 3. The first-order chi connectivity index (χ1) is 17.9. The molecule has 2 aliphatic rings. The molecule has 1 aliphatic carbocycles. The van der Waals surface area contributed by atoms with Crippen LogP contribution in [0.15, 0.2) is 79.4 Å². The Bertz CT molecular complexity index is 1310. The number of amides is 1. The molecule has 0 radical (unpaired) electrons. The number of ether oxygens (including phenoxy) is 2. The van der Waals surface area contributed by atoms with Crippen LogP contribution in [-0.2, 0) is 10.2 Å². The van der Waals surface area contributed by atoms with Gasteiger partial charge >= 0.3 is 0 Å². The molecule has 1 saturated carbocycles. The van der Waals surface area contributed by atoms with E-state index >= 15 is 0 Å². The first-order valence-electron chi connectivity index (χ1n) is 13.3. The maximum Gasteiger partial charge on any atom is 0.251 e. The van der Waals surface area contributed by atoms with Gasteiger partial charge < -0.3 is 19.3 Å². The molecule has 4 atom stereocenters. The van der Waals surface area contributed by atoms with E-state index in [0.29, 0.717) is 5.56 Å². The van der Waals surface area contributed by atoms with E-state index in [-0.39, 0.29) is 23.0 Å². The molecular formula is C32H39N2O3+. The number of carbonyl (C=O) groups excluding carboxylic acids is 1. The number of likely N-dealkylation sites (N-methyl/N-ethyl adjacent to an activating group) is 1. The van der Waals surface area contributed by atoms with Crippen LogP contribution >= 0.6 is 0 Å². The molecule has 1 amide bonds. The molecule has 2 fully saturated rings. The highest BCUT2D eigenvalue weighted by molar-refractivity contribution is 5.98. The molecule has 194 valence electrons. The normalized spacial score (nSPS) is 29.3. The van der Waals surface area contributed by atoms with Gasteiger partial charge in [-0.3, -0.25) is 4.79 Å². The Morgan fingerprint density at radius 2 is 1.89 bits per heavy atom. The summed E-state index contributed by atoms with van der Waals surface area (Å²) in [5, 5.41) is 5.62.